The van der Waals surface area contributed by atoms with Crippen molar-refractivity contribution < 1.29 is 4.79 Å². The maximum absolute atomic E-state index is 11.3. The van der Waals surface area contributed by atoms with Crippen molar-refractivity contribution >= 4 is 40.6 Å². The van der Waals surface area contributed by atoms with Gasteiger partial charge >= 0.3 is 0 Å². The van der Waals surface area contributed by atoms with Crippen LogP contribution in [0.4, 0.5) is 11.4 Å². The molecule has 5 nitrogen and oxygen atoms in total. The molecule has 1 amide bonds. The van der Waals surface area contributed by atoms with E-state index in [4.69, 9.17) is 5.73 Å². The summed E-state index contributed by atoms with van der Waals surface area (Å²) < 4.78 is 4.77. The SMILES string of the molecule is Nc1cc2c(cc1Sc1ncns1)NC(=O)C2. The Morgan fingerprint density at radius 3 is 3.12 bits per heavy atom. The van der Waals surface area contributed by atoms with Crippen molar-refractivity contribution in [1.82, 2.24) is 9.36 Å². The molecule has 0 atom stereocenters. The number of fused-ring (bicyclic) bond motifs is 1. The van der Waals surface area contributed by atoms with E-state index in [1.807, 2.05) is 12.1 Å². The van der Waals surface area contributed by atoms with Gasteiger partial charge in [0.15, 0.2) is 4.34 Å². The first-order valence-electron chi connectivity index (χ1n) is 4.89. The highest BCUT2D eigenvalue weighted by Gasteiger charge is 2.19. The lowest BCUT2D eigenvalue weighted by Gasteiger charge is -2.06. The average Bonchev–Trinajstić information content (AvgIpc) is 2.87. The van der Waals surface area contributed by atoms with Gasteiger partial charge in [0.1, 0.15) is 6.33 Å². The van der Waals surface area contributed by atoms with Crippen molar-refractivity contribution in [2.24, 2.45) is 0 Å². The third-order valence-electron chi connectivity index (χ3n) is 2.40. The molecule has 0 saturated carbocycles. The summed E-state index contributed by atoms with van der Waals surface area (Å²) in [6, 6.07) is 3.73. The minimum atomic E-state index is 0.0115. The predicted molar refractivity (Wildman–Crippen MR) is 67.2 cm³/mol. The molecule has 2 heterocycles. The van der Waals surface area contributed by atoms with E-state index in [1.165, 1.54) is 29.6 Å². The van der Waals surface area contributed by atoms with Gasteiger partial charge in [-0.1, -0.05) is 11.8 Å². The van der Waals surface area contributed by atoms with Gasteiger partial charge < -0.3 is 11.1 Å². The Labute approximate surface area is 106 Å². The highest BCUT2D eigenvalue weighted by Crippen LogP contribution is 2.37. The van der Waals surface area contributed by atoms with Crippen LogP contribution in [0, 0.1) is 0 Å². The Morgan fingerprint density at radius 1 is 1.47 bits per heavy atom. The molecule has 2 aromatic rings. The number of benzene rings is 1. The first kappa shape index (κ1) is 10.5. The number of hydrogen-bond donors (Lipinski definition) is 2. The number of nitrogen functional groups attached to an aromatic ring is 1. The topological polar surface area (TPSA) is 80.9 Å². The fourth-order valence-corrected chi connectivity index (χ4v) is 3.13. The van der Waals surface area contributed by atoms with Gasteiger partial charge in [-0.15, -0.1) is 0 Å². The molecule has 7 heteroatoms. The number of amides is 1. The van der Waals surface area contributed by atoms with E-state index in [0.29, 0.717) is 12.1 Å². The lowest BCUT2D eigenvalue weighted by Crippen LogP contribution is -2.03. The van der Waals surface area contributed by atoms with Crippen molar-refractivity contribution in [3.8, 4) is 0 Å². The van der Waals surface area contributed by atoms with Crippen molar-refractivity contribution in [1.29, 1.82) is 0 Å². The maximum atomic E-state index is 11.3. The molecular weight excluding hydrogens is 256 g/mol. The average molecular weight is 264 g/mol. The maximum Gasteiger partial charge on any atom is 0.228 e. The minimum absolute atomic E-state index is 0.0115. The molecule has 0 bridgehead atoms. The van der Waals surface area contributed by atoms with Gasteiger partial charge in [0.25, 0.3) is 0 Å². The van der Waals surface area contributed by atoms with E-state index < -0.39 is 0 Å². The zero-order valence-corrected chi connectivity index (χ0v) is 10.3. The van der Waals surface area contributed by atoms with Gasteiger partial charge in [-0.3, -0.25) is 4.79 Å². The number of carbonyl (C=O) groups excluding carboxylic acids is 1. The second kappa shape index (κ2) is 4.01. The summed E-state index contributed by atoms with van der Waals surface area (Å²) in [6.45, 7) is 0. The molecule has 0 fully saturated rings. The molecule has 1 aromatic carbocycles. The fourth-order valence-electron chi connectivity index (χ4n) is 1.66. The standard InChI is InChI=1S/C10H8N4OS2/c11-6-1-5-2-9(15)14-7(5)3-8(6)16-10-12-4-13-17-10/h1,3-4H,2,11H2,(H,14,15). The Balaban J connectivity index is 1.96. The Bertz CT molecular complexity index is 582. The van der Waals surface area contributed by atoms with E-state index in [0.717, 1.165) is 20.5 Å². The van der Waals surface area contributed by atoms with Crippen LogP contribution in [0.1, 0.15) is 5.56 Å². The summed E-state index contributed by atoms with van der Waals surface area (Å²) >= 11 is 2.78. The van der Waals surface area contributed by atoms with Crippen molar-refractivity contribution in [2.75, 3.05) is 11.1 Å². The molecule has 3 rings (SSSR count). The number of carbonyl (C=O) groups is 1. The molecule has 17 heavy (non-hydrogen) atoms. The number of rotatable bonds is 2. The van der Waals surface area contributed by atoms with Crippen molar-refractivity contribution in [2.45, 2.75) is 15.7 Å². The highest BCUT2D eigenvalue weighted by molar-refractivity contribution is 8.01. The Hall–Kier alpha value is -1.60. The second-order valence-electron chi connectivity index (χ2n) is 3.58. The first-order chi connectivity index (χ1) is 8.22. The fraction of sp³-hybridized carbons (Fsp3) is 0.100. The monoisotopic (exact) mass is 264 g/mol. The van der Waals surface area contributed by atoms with Gasteiger partial charge in [-0.05, 0) is 29.2 Å². The summed E-state index contributed by atoms with van der Waals surface area (Å²) in [7, 11) is 0. The number of nitrogens with one attached hydrogen (secondary N) is 1. The number of nitrogens with zero attached hydrogens (tertiary/aromatic N) is 2. The normalized spacial score (nSPS) is 13.5. The lowest BCUT2D eigenvalue weighted by molar-refractivity contribution is -0.115. The molecule has 3 N–H and O–H groups in total. The molecule has 1 aliphatic heterocycles. The van der Waals surface area contributed by atoms with E-state index in [9.17, 15) is 4.79 Å². The van der Waals surface area contributed by atoms with Crippen LogP contribution in [-0.2, 0) is 11.2 Å². The zero-order valence-electron chi connectivity index (χ0n) is 8.64. The quantitative estimate of drug-likeness (QED) is 0.808. The molecule has 0 spiro atoms. The van der Waals surface area contributed by atoms with E-state index in [-0.39, 0.29) is 5.91 Å². The van der Waals surface area contributed by atoms with Crippen LogP contribution in [0.5, 0.6) is 0 Å². The van der Waals surface area contributed by atoms with Crippen LogP contribution in [-0.4, -0.2) is 15.3 Å². The summed E-state index contributed by atoms with van der Waals surface area (Å²) in [5.74, 6) is 0.0115. The van der Waals surface area contributed by atoms with Gasteiger partial charge in [0, 0.05) is 16.3 Å². The van der Waals surface area contributed by atoms with Crippen molar-refractivity contribution in [3.63, 3.8) is 0 Å². The first-order valence-corrected chi connectivity index (χ1v) is 6.48. The van der Waals surface area contributed by atoms with E-state index in [2.05, 4.69) is 14.7 Å². The molecule has 0 radical (unpaired) electrons. The number of aromatic nitrogens is 2. The molecule has 0 saturated heterocycles. The molecule has 86 valence electrons. The van der Waals surface area contributed by atoms with Gasteiger partial charge in [0.2, 0.25) is 5.91 Å². The zero-order chi connectivity index (χ0) is 11.8. The number of hydrogen-bond acceptors (Lipinski definition) is 6. The number of anilines is 2. The highest BCUT2D eigenvalue weighted by atomic mass is 32.2. The van der Waals surface area contributed by atoms with Gasteiger partial charge in [0.05, 0.1) is 6.42 Å². The smallest absolute Gasteiger partial charge is 0.228 e. The summed E-state index contributed by atoms with van der Waals surface area (Å²) in [5, 5.41) is 2.80. The minimum Gasteiger partial charge on any atom is -0.398 e. The van der Waals surface area contributed by atoms with E-state index in [1.54, 1.807) is 0 Å². The van der Waals surface area contributed by atoms with Crippen LogP contribution < -0.4 is 11.1 Å². The van der Waals surface area contributed by atoms with Gasteiger partial charge in [-0.25, -0.2) is 4.98 Å². The summed E-state index contributed by atoms with van der Waals surface area (Å²) in [5.41, 5.74) is 8.42. The second-order valence-corrected chi connectivity index (χ2v) is 5.65. The summed E-state index contributed by atoms with van der Waals surface area (Å²) in [6.07, 6.45) is 1.92. The largest absolute Gasteiger partial charge is 0.398 e. The van der Waals surface area contributed by atoms with Crippen molar-refractivity contribution in [3.05, 3.63) is 24.0 Å². The molecule has 1 aromatic heterocycles. The summed E-state index contributed by atoms with van der Waals surface area (Å²) in [4.78, 5) is 16.2. The van der Waals surface area contributed by atoms with Crippen LogP contribution in [0.25, 0.3) is 0 Å². The third-order valence-corrected chi connectivity index (χ3v) is 4.19. The third kappa shape index (κ3) is 1.98. The van der Waals surface area contributed by atoms with Crippen LogP contribution in [0.3, 0.4) is 0 Å². The molecule has 1 aliphatic rings. The van der Waals surface area contributed by atoms with E-state index >= 15 is 0 Å². The lowest BCUT2D eigenvalue weighted by atomic mass is 10.1. The Kier molecular flexibility index (Phi) is 2.49. The number of nitrogens with two attached hydrogens (primary N) is 1. The van der Waals surface area contributed by atoms with Crippen LogP contribution in [0.2, 0.25) is 0 Å². The van der Waals surface area contributed by atoms with Crippen LogP contribution >= 0.6 is 23.3 Å². The molecule has 0 aliphatic carbocycles. The molecule has 0 unspecified atom stereocenters. The van der Waals surface area contributed by atoms with Crippen LogP contribution in [0.15, 0.2) is 27.7 Å². The Morgan fingerprint density at radius 2 is 2.35 bits per heavy atom. The molecular formula is C10H8N4OS2. The predicted octanol–water partition coefficient (Wildman–Crippen LogP) is 1.77. The van der Waals surface area contributed by atoms with Gasteiger partial charge in [-0.2, -0.15) is 4.37 Å².